The number of allylic oxidation sites excluding steroid dienone is 8. The molecule has 11 heavy (non-hydrogen) atoms. The van der Waals surface area contributed by atoms with Crippen LogP contribution in [0, 0.1) is 0 Å². The van der Waals surface area contributed by atoms with E-state index < -0.39 is 11.7 Å². The number of hydrogen-bond acceptors (Lipinski definition) is 0. The van der Waals surface area contributed by atoms with Crippen LogP contribution in [0.15, 0.2) is 47.6 Å². The maximum atomic E-state index is 12.6. The minimum atomic E-state index is -0.567. The van der Waals surface area contributed by atoms with E-state index in [0.29, 0.717) is 0 Å². The summed E-state index contributed by atoms with van der Waals surface area (Å²) in [5.41, 5.74) is 0.766. The maximum Gasteiger partial charge on any atom is 0.126 e. The van der Waals surface area contributed by atoms with Gasteiger partial charge in [-0.05, 0) is 24.6 Å². The molecule has 0 saturated heterocycles. The van der Waals surface area contributed by atoms with Crippen molar-refractivity contribution in [1.82, 2.24) is 0 Å². The van der Waals surface area contributed by atoms with E-state index in [0.717, 1.165) is 11.6 Å². The van der Waals surface area contributed by atoms with E-state index in [-0.39, 0.29) is 0 Å². The second kappa shape index (κ2) is 3.28. The van der Waals surface area contributed by atoms with E-state index in [1.807, 2.05) is 0 Å². The molecular formula is C9H8F2. The largest absolute Gasteiger partial charge is 0.207 e. The molecule has 0 aromatic carbocycles. The molecule has 0 amide bonds. The molecule has 0 N–H and O–H groups in total. The summed E-state index contributed by atoms with van der Waals surface area (Å²) in [5.74, 6) is -1.12. The first-order chi connectivity index (χ1) is 5.18. The predicted molar refractivity (Wildman–Crippen MR) is 41.3 cm³/mol. The number of hydrogen-bond donors (Lipinski definition) is 0. The third-order valence-electron chi connectivity index (χ3n) is 1.26. The summed E-state index contributed by atoms with van der Waals surface area (Å²) in [6.07, 6.45) is 6.54. The standard InChI is InChI=1S/C9H8F2/c1-7-3-2-4-8(10)6-9(11)5-7/h2-6H,1H3. The Labute approximate surface area is 64.2 Å². The number of halogens is 2. The van der Waals surface area contributed by atoms with Crippen molar-refractivity contribution in [2.75, 3.05) is 0 Å². The fourth-order valence-electron chi connectivity index (χ4n) is 0.779. The average molecular weight is 154 g/mol. The summed E-state index contributed by atoms with van der Waals surface area (Å²) in [5, 5.41) is 0. The van der Waals surface area contributed by atoms with Crippen molar-refractivity contribution in [3.63, 3.8) is 0 Å². The molecule has 0 atom stereocenters. The monoisotopic (exact) mass is 154 g/mol. The molecule has 1 rings (SSSR count). The Kier molecular flexibility index (Phi) is 2.36. The third-order valence-corrected chi connectivity index (χ3v) is 1.26. The van der Waals surface area contributed by atoms with Crippen LogP contribution in [0.1, 0.15) is 6.92 Å². The van der Waals surface area contributed by atoms with Gasteiger partial charge in [0.1, 0.15) is 11.7 Å². The minimum Gasteiger partial charge on any atom is -0.207 e. The Morgan fingerprint density at radius 1 is 1.09 bits per heavy atom. The van der Waals surface area contributed by atoms with Gasteiger partial charge in [-0.15, -0.1) is 0 Å². The smallest absolute Gasteiger partial charge is 0.126 e. The van der Waals surface area contributed by atoms with Gasteiger partial charge in [0.2, 0.25) is 0 Å². The molecule has 0 nitrogen and oxygen atoms in total. The Morgan fingerprint density at radius 2 is 1.82 bits per heavy atom. The van der Waals surface area contributed by atoms with Crippen LogP contribution in [0.2, 0.25) is 0 Å². The van der Waals surface area contributed by atoms with Gasteiger partial charge in [-0.2, -0.15) is 0 Å². The SMILES string of the molecule is CC1=CC=CC(F)=CC(F)=C1. The van der Waals surface area contributed by atoms with Crippen LogP contribution in [0.25, 0.3) is 0 Å². The van der Waals surface area contributed by atoms with Crippen LogP contribution in [-0.4, -0.2) is 0 Å². The molecule has 0 saturated carbocycles. The third kappa shape index (κ3) is 2.50. The van der Waals surface area contributed by atoms with Crippen molar-refractivity contribution in [3.05, 3.63) is 47.6 Å². The topological polar surface area (TPSA) is 0 Å². The first kappa shape index (κ1) is 7.92. The Hall–Kier alpha value is -1.18. The molecule has 1 aliphatic rings. The van der Waals surface area contributed by atoms with Gasteiger partial charge in [-0.3, -0.25) is 0 Å². The minimum absolute atomic E-state index is 0.555. The average Bonchev–Trinajstić information content (AvgIpc) is 1.83. The molecule has 0 spiro atoms. The van der Waals surface area contributed by atoms with Gasteiger partial charge in [0.05, 0.1) is 0 Å². The van der Waals surface area contributed by atoms with Gasteiger partial charge in [0.15, 0.2) is 0 Å². The molecular weight excluding hydrogens is 146 g/mol. The second-order valence-electron chi connectivity index (χ2n) is 2.33. The fourth-order valence-corrected chi connectivity index (χ4v) is 0.779. The predicted octanol–water partition coefficient (Wildman–Crippen LogP) is 3.21. The van der Waals surface area contributed by atoms with Crippen molar-refractivity contribution in [1.29, 1.82) is 0 Å². The van der Waals surface area contributed by atoms with Gasteiger partial charge < -0.3 is 0 Å². The lowest BCUT2D eigenvalue weighted by molar-refractivity contribution is 0.630. The van der Waals surface area contributed by atoms with Crippen LogP contribution in [0.4, 0.5) is 8.78 Å². The lowest BCUT2D eigenvalue weighted by Crippen LogP contribution is -1.76. The highest BCUT2D eigenvalue weighted by Gasteiger charge is 1.95. The normalized spacial score (nSPS) is 17.9. The van der Waals surface area contributed by atoms with Crippen LogP contribution in [0.3, 0.4) is 0 Å². The van der Waals surface area contributed by atoms with Crippen molar-refractivity contribution < 1.29 is 8.78 Å². The van der Waals surface area contributed by atoms with E-state index >= 15 is 0 Å². The molecule has 0 unspecified atom stereocenters. The highest BCUT2D eigenvalue weighted by atomic mass is 19.1. The van der Waals surface area contributed by atoms with Crippen molar-refractivity contribution in [2.45, 2.75) is 6.92 Å². The zero-order valence-electron chi connectivity index (χ0n) is 6.14. The summed E-state index contributed by atoms with van der Waals surface area (Å²) in [6.45, 7) is 1.75. The van der Waals surface area contributed by atoms with Crippen molar-refractivity contribution >= 4 is 0 Å². The first-order valence-corrected chi connectivity index (χ1v) is 3.28. The molecule has 1 aliphatic carbocycles. The molecule has 0 aliphatic heterocycles. The van der Waals surface area contributed by atoms with Crippen molar-refractivity contribution in [2.24, 2.45) is 0 Å². The van der Waals surface area contributed by atoms with Gasteiger partial charge in [-0.1, -0.05) is 12.2 Å². The van der Waals surface area contributed by atoms with Crippen LogP contribution >= 0.6 is 0 Å². The lowest BCUT2D eigenvalue weighted by Gasteiger charge is -1.94. The highest BCUT2D eigenvalue weighted by Crippen LogP contribution is 2.12. The molecule has 0 radical (unpaired) electrons. The van der Waals surface area contributed by atoms with Gasteiger partial charge in [-0.25, -0.2) is 8.78 Å². The summed E-state index contributed by atoms with van der Waals surface area (Å²) in [6, 6.07) is 0. The first-order valence-electron chi connectivity index (χ1n) is 3.28. The number of rotatable bonds is 0. The molecule has 58 valence electrons. The van der Waals surface area contributed by atoms with Crippen LogP contribution in [0.5, 0.6) is 0 Å². The molecule has 0 aromatic heterocycles. The van der Waals surface area contributed by atoms with E-state index in [1.165, 1.54) is 12.2 Å². The fraction of sp³-hybridized carbons (Fsp3) is 0.111. The molecule has 0 fully saturated rings. The van der Waals surface area contributed by atoms with Crippen LogP contribution in [-0.2, 0) is 0 Å². The van der Waals surface area contributed by atoms with Crippen molar-refractivity contribution in [3.8, 4) is 0 Å². The van der Waals surface area contributed by atoms with E-state index in [9.17, 15) is 8.78 Å². The quantitative estimate of drug-likeness (QED) is 0.502. The highest BCUT2D eigenvalue weighted by molar-refractivity contribution is 5.34. The Balaban J connectivity index is 2.98. The molecule has 0 aromatic rings. The molecule has 2 heteroatoms. The summed E-state index contributed by atoms with van der Waals surface area (Å²) in [4.78, 5) is 0. The maximum absolute atomic E-state index is 12.6. The zero-order chi connectivity index (χ0) is 8.27. The molecule has 0 heterocycles. The summed E-state index contributed by atoms with van der Waals surface area (Å²) < 4.78 is 25.1. The van der Waals surface area contributed by atoms with Gasteiger partial charge in [0.25, 0.3) is 0 Å². The zero-order valence-corrected chi connectivity index (χ0v) is 6.14. The van der Waals surface area contributed by atoms with Gasteiger partial charge >= 0.3 is 0 Å². The molecule has 0 bridgehead atoms. The second-order valence-corrected chi connectivity index (χ2v) is 2.33. The van der Waals surface area contributed by atoms with Crippen LogP contribution < -0.4 is 0 Å². The van der Waals surface area contributed by atoms with E-state index in [1.54, 1.807) is 19.1 Å². The summed E-state index contributed by atoms with van der Waals surface area (Å²) in [7, 11) is 0. The van der Waals surface area contributed by atoms with Gasteiger partial charge in [0, 0.05) is 6.08 Å². The summed E-state index contributed by atoms with van der Waals surface area (Å²) >= 11 is 0. The van der Waals surface area contributed by atoms with E-state index in [4.69, 9.17) is 0 Å². The lowest BCUT2D eigenvalue weighted by atomic mass is 10.2. The van der Waals surface area contributed by atoms with E-state index in [2.05, 4.69) is 0 Å². The Morgan fingerprint density at radius 3 is 2.55 bits per heavy atom. The Bertz CT molecular complexity index is 267.